The Bertz CT molecular complexity index is 1100. The molecule has 2 aromatic carbocycles. The average Bonchev–Trinajstić information content (AvgIpc) is 2.71. The van der Waals surface area contributed by atoms with Crippen molar-refractivity contribution in [1.29, 1.82) is 0 Å². The first-order valence-electron chi connectivity index (χ1n) is 9.85. The number of halogens is 1. The van der Waals surface area contributed by atoms with Gasteiger partial charge in [-0.25, -0.2) is 0 Å². The second-order valence-electron chi connectivity index (χ2n) is 6.87. The summed E-state index contributed by atoms with van der Waals surface area (Å²) in [5.41, 5.74) is 3.25. The van der Waals surface area contributed by atoms with Crippen LogP contribution in [0.2, 0.25) is 0 Å². The summed E-state index contributed by atoms with van der Waals surface area (Å²) in [6.07, 6.45) is 1.55. The summed E-state index contributed by atoms with van der Waals surface area (Å²) in [4.78, 5) is 27.3. The molecule has 2 aromatic rings. The van der Waals surface area contributed by atoms with Gasteiger partial charge in [0.25, 0.3) is 11.8 Å². The monoisotopic (exact) mass is 550 g/mol. The minimum Gasteiger partial charge on any atom is -0.490 e. The van der Waals surface area contributed by atoms with Crippen LogP contribution in [0.3, 0.4) is 0 Å². The minimum absolute atomic E-state index is 0.00286. The first kappa shape index (κ1) is 23.2. The molecule has 0 aromatic heterocycles. The number of benzene rings is 2. The van der Waals surface area contributed by atoms with E-state index >= 15 is 0 Å². The van der Waals surface area contributed by atoms with Gasteiger partial charge >= 0.3 is 0 Å². The van der Waals surface area contributed by atoms with Gasteiger partial charge in [0, 0.05) is 0 Å². The molecule has 1 fully saturated rings. The van der Waals surface area contributed by atoms with Crippen molar-refractivity contribution in [2.24, 2.45) is 0 Å². The summed E-state index contributed by atoms with van der Waals surface area (Å²) in [5.74, 6) is 0.209. The maximum Gasteiger partial charge on any atom is 0.270 e. The van der Waals surface area contributed by atoms with Crippen molar-refractivity contribution in [3.8, 4) is 11.5 Å². The highest BCUT2D eigenvalue weighted by atomic mass is 127. The number of carbonyl (C=O) groups excluding carboxylic acids is 2. The maximum atomic E-state index is 13.3. The van der Waals surface area contributed by atoms with E-state index in [0.29, 0.717) is 36.0 Å². The summed E-state index contributed by atoms with van der Waals surface area (Å²) < 4.78 is 12.2. The number of carbonyl (C=O) groups is 2. The number of nitrogens with one attached hydrogen (secondary N) is 1. The Morgan fingerprint density at radius 2 is 1.84 bits per heavy atom. The van der Waals surface area contributed by atoms with Crippen molar-refractivity contribution in [1.82, 2.24) is 5.32 Å². The molecular weight excluding hydrogens is 527 g/mol. The highest BCUT2D eigenvalue weighted by Crippen LogP contribution is 2.35. The summed E-state index contributed by atoms with van der Waals surface area (Å²) in [7, 11) is 0. The molecule has 0 saturated carbocycles. The lowest BCUT2D eigenvalue weighted by Crippen LogP contribution is -2.54. The zero-order valence-corrected chi connectivity index (χ0v) is 20.7. The van der Waals surface area contributed by atoms with Crippen LogP contribution in [0.15, 0.2) is 35.9 Å². The Labute approximate surface area is 200 Å². The third-order valence-corrected chi connectivity index (χ3v) is 5.94. The lowest BCUT2D eigenvalue weighted by Gasteiger charge is -2.30. The van der Waals surface area contributed by atoms with E-state index in [1.165, 1.54) is 4.90 Å². The molecule has 1 aliphatic heterocycles. The van der Waals surface area contributed by atoms with Crippen LogP contribution in [-0.4, -0.2) is 30.1 Å². The molecule has 162 valence electrons. The van der Waals surface area contributed by atoms with Gasteiger partial charge in [0.15, 0.2) is 16.6 Å². The van der Waals surface area contributed by atoms with E-state index in [9.17, 15) is 9.59 Å². The molecule has 1 saturated heterocycles. The van der Waals surface area contributed by atoms with E-state index < -0.39 is 11.8 Å². The number of hydrogen-bond acceptors (Lipinski definition) is 5. The molecule has 0 spiro atoms. The van der Waals surface area contributed by atoms with Gasteiger partial charge in [0.2, 0.25) is 0 Å². The molecule has 0 aliphatic carbocycles. The van der Waals surface area contributed by atoms with E-state index in [4.69, 9.17) is 21.7 Å². The standard InChI is InChI=1S/C23H23IN2O4S/c1-5-29-19-12-15(11-17(24)20(19)30-6-2)10-16-21(27)25-23(31)26(22(16)28)18-9-7-8-13(3)14(18)4/h7-12H,5-6H2,1-4H3,(H,25,27,31)/b16-10+. The summed E-state index contributed by atoms with van der Waals surface area (Å²) >= 11 is 7.47. The number of rotatable bonds is 6. The van der Waals surface area contributed by atoms with Gasteiger partial charge in [-0.3, -0.25) is 19.8 Å². The lowest BCUT2D eigenvalue weighted by atomic mass is 10.0. The van der Waals surface area contributed by atoms with Gasteiger partial charge in [0.05, 0.1) is 22.5 Å². The number of ether oxygens (including phenoxy) is 2. The summed E-state index contributed by atoms with van der Waals surface area (Å²) in [6.45, 7) is 8.63. The zero-order chi connectivity index (χ0) is 22.7. The van der Waals surface area contributed by atoms with Gasteiger partial charge < -0.3 is 9.47 Å². The molecule has 8 heteroatoms. The van der Waals surface area contributed by atoms with Crippen LogP contribution in [0.4, 0.5) is 5.69 Å². The first-order chi connectivity index (χ1) is 14.8. The number of aryl methyl sites for hydroxylation is 1. The van der Waals surface area contributed by atoms with Gasteiger partial charge in [0.1, 0.15) is 5.57 Å². The Morgan fingerprint density at radius 3 is 2.52 bits per heavy atom. The molecular formula is C23H23IN2O4S. The van der Waals surface area contributed by atoms with E-state index in [1.807, 2.05) is 52.0 Å². The van der Waals surface area contributed by atoms with Crippen molar-refractivity contribution in [2.45, 2.75) is 27.7 Å². The second-order valence-corrected chi connectivity index (χ2v) is 8.42. The van der Waals surface area contributed by atoms with Crippen LogP contribution in [0.5, 0.6) is 11.5 Å². The topological polar surface area (TPSA) is 67.9 Å². The van der Waals surface area contributed by atoms with Crippen LogP contribution in [0.1, 0.15) is 30.5 Å². The number of hydrogen-bond donors (Lipinski definition) is 1. The van der Waals surface area contributed by atoms with Crippen LogP contribution in [0, 0.1) is 17.4 Å². The predicted molar refractivity (Wildman–Crippen MR) is 134 cm³/mol. The Kier molecular flexibility index (Phi) is 7.32. The number of nitrogens with zero attached hydrogens (tertiary/aromatic N) is 1. The van der Waals surface area contributed by atoms with Crippen molar-refractivity contribution in [3.05, 3.63) is 56.2 Å². The molecule has 1 heterocycles. The number of thiocarbonyl (C=S) groups is 1. The molecule has 0 bridgehead atoms. The van der Waals surface area contributed by atoms with Crippen molar-refractivity contribution in [3.63, 3.8) is 0 Å². The highest BCUT2D eigenvalue weighted by Gasteiger charge is 2.35. The number of amides is 2. The Morgan fingerprint density at radius 1 is 1.13 bits per heavy atom. The van der Waals surface area contributed by atoms with Gasteiger partial charge in [-0.05, 0) is 103 Å². The molecule has 3 rings (SSSR count). The zero-order valence-electron chi connectivity index (χ0n) is 17.7. The van der Waals surface area contributed by atoms with E-state index in [0.717, 1.165) is 14.7 Å². The molecule has 2 amide bonds. The van der Waals surface area contributed by atoms with Crippen LogP contribution < -0.4 is 19.7 Å². The SMILES string of the molecule is CCOc1cc(/C=C2\C(=O)NC(=S)N(c3cccc(C)c3C)C2=O)cc(I)c1OCC. The van der Waals surface area contributed by atoms with Crippen molar-refractivity contribution >= 4 is 63.5 Å². The number of anilines is 1. The summed E-state index contributed by atoms with van der Waals surface area (Å²) in [6, 6.07) is 9.24. The molecule has 1 aliphatic rings. The fourth-order valence-corrected chi connectivity index (χ4v) is 4.29. The fraction of sp³-hybridized carbons (Fsp3) is 0.261. The molecule has 6 nitrogen and oxygen atoms in total. The van der Waals surface area contributed by atoms with Crippen LogP contribution >= 0.6 is 34.8 Å². The van der Waals surface area contributed by atoms with Gasteiger partial charge in [-0.15, -0.1) is 0 Å². The van der Waals surface area contributed by atoms with Gasteiger partial charge in [-0.2, -0.15) is 0 Å². The molecule has 0 radical (unpaired) electrons. The molecule has 1 N–H and O–H groups in total. The normalized spacial score (nSPS) is 15.3. The van der Waals surface area contributed by atoms with Crippen molar-refractivity contribution in [2.75, 3.05) is 18.1 Å². The average molecular weight is 550 g/mol. The fourth-order valence-electron chi connectivity index (χ4n) is 3.24. The summed E-state index contributed by atoms with van der Waals surface area (Å²) in [5, 5.41) is 2.70. The van der Waals surface area contributed by atoms with E-state index in [-0.39, 0.29) is 10.7 Å². The second kappa shape index (κ2) is 9.78. The third-order valence-electron chi connectivity index (χ3n) is 4.85. The Balaban J connectivity index is 2.07. The third kappa shape index (κ3) is 4.74. The largest absolute Gasteiger partial charge is 0.490 e. The molecule has 0 atom stereocenters. The highest BCUT2D eigenvalue weighted by molar-refractivity contribution is 14.1. The predicted octanol–water partition coefficient (Wildman–Crippen LogP) is 4.54. The van der Waals surface area contributed by atoms with E-state index in [2.05, 4.69) is 27.9 Å². The van der Waals surface area contributed by atoms with Gasteiger partial charge in [-0.1, -0.05) is 12.1 Å². The maximum absolute atomic E-state index is 13.3. The smallest absolute Gasteiger partial charge is 0.270 e. The van der Waals surface area contributed by atoms with Crippen LogP contribution in [0.25, 0.3) is 6.08 Å². The Hall–Kier alpha value is -2.46. The van der Waals surface area contributed by atoms with E-state index in [1.54, 1.807) is 12.1 Å². The minimum atomic E-state index is -0.529. The van der Waals surface area contributed by atoms with Crippen LogP contribution in [-0.2, 0) is 9.59 Å². The molecule has 0 unspecified atom stereocenters. The lowest BCUT2D eigenvalue weighted by molar-refractivity contribution is -0.122. The first-order valence-corrected chi connectivity index (χ1v) is 11.3. The van der Waals surface area contributed by atoms with Crippen molar-refractivity contribution < 1.29 is 19.1 Å². The molecule has 31 heavy (non-hydrogen) atoms. The quantitative estimate of drug-likeness (QED) is 0.248.